The first kappa shape index (κ1) is 50.1. The summed E-state index contributed by atoms with van der Waals surface area (Å²) in [4.78, 5) is 34.9. The predicted molar refractivity (Wildman–Crippen MR) is 203 cm³/mol. The molecular formula is C39H71O12P. The highest BCUT2D eigenvalue weighted by Crippen LogP contribution is 2.43. The van der Waals surface area contributed by atoms with E-state index in [4.69, 9.17) is 19.1 Å². The molecule has 0 aromatic heterocycles. The molecule has 0 bridgehead atoms. The second-order valence-corrected chi connectivity index (χ2v) is 15.0. The van der Waals surface area contributed by atoms with Crippen LogP contribution in [0, 0.1) is 5.92 Å². The van der Waals surface area contributed by atoms with Gasteiger partial charge in [0.15, 0.2) is 6.10 Å². The maximum Gasteiger partial charge on any atom is 0.472 e. The molecule has 0 spiro atoms. The first-order valence-corrected chi connectivity index (χ1v) is 21.0. The number of unbranched alkanes of at least 4 members (excludes halogenated alkanes) is 8. The third-order valence-corrected chi connectivity index (χ3v) is 9.49. The highest BCUT2D eigenvalue weighted by molar-refractivity contribution is 7.47. The summed E-state index contributed by atoms with van der Waals surface area (Å²) in [6.07, 6.45) is 23.1. The summed E-state index contributed by atoms with van der Waals surface area (Å²) in [6.45, 7) is 4.24. The fourth-order valence-corrected chi connectivity index (χ4v) is 5.74. The minimum absolute atomic E-state index is 0.130. The van der Waals surface area contributed by atoms with Crippen LogP contribution in [0.15, 0.2) is 36.5 Å². The molecule has 0 rings (SSSR count). The monoisotopic (exact) mass is 762 g/mol. The second-order valence-electron chi connectivity index (χ2n) is 13.5. The average Bonchev–Trinajstić information content (AvgIpc) is 3.12. The molecular weight excluding hydrogens is 691 g/mol. The lowest BCUT2D eigenvalue weighted by atomic mass is 10.00. The van der Waals surface area contributed by atoms with Gasteiger partial charge >= 0.3 is 19.8 Å². The van der Waals surface area contributed by atoms with Gasteiger partial charge in [-0.25, -0.2) is 4.57 Å². The summed E-state index contributed by atoms with van der Waals surface area (Å²) in [7, 11) is -4.69. The summed E-state index contributed by atoms with van der Waals surface area (Å²) in [5.41, 5.74) is 0. The standard InChI is InChI=1S/C39H71O12P/c1-4-6-7-8-9-10-11-12-13-14-18-21-25-36(42)37(43)26-23-28-39(45)51-35(32-50-52(46,47)49-30-34(41)29-40)31-48-38(44)27-22-19-16-15-17-20-24-33(3)5-2/h9-10,12-13,18,21,33-37,40-43H,4-8,11,14-17,19-20,22-32H2,1-3H3,(H,46,47)/b10-9-,13-12-,21-18-/t33?,34-,35+,36?,37?/m0/s1. The van der Waals surface area contributed by atoms with Crippen molar-refractivity contribution in [1.29, 1.82) is 0 Å². The molecule has 0 saturated heterocycles. The summed E-state index contributed by atoms with van der Waals surface area (Å²) >= 11 is 0. The van der Waals surface area contributed by atoms with Crippen molar-refractivity contribution in [2.45, 2.75) is 167 Å². The van der Waals surface area contributed by atoms with E-state index in [2.05, 4.69) is 43.5 Å². The molecule has 52 heavy (non-hydrogen) atoms. The van der Waals surface area contributed by atoms with Crippen molar-refractivity contribution >= 4 is 19.8 Å². The predicted octanol–water partition coefficient (Wildman–Crippen LogP) is 7.41. The number of ether oxygens (including phenoxy) is 2. The van der Waals surface area contributed by atoms with Crippen LogP contribution >= 0.6 is 7.82 Å². The van der Waals surface area contributed by atoms with E-state index in [0.717, 1.165) is 44.4 Å². The van der Waals surface area contributed by atoms with Crippen LogP contribution in [-0.4, -0.2) is 88.1 Å². The van der Waals surface area contributed by atoms with Crippen LogP contribution in [0.5, 0.6) is 0 Å². The lowest BCUT2D eigenvalue weighted by Gasteiger charge is -2.20. The van der Waals surface area contributed by atoms with Crippen LogP contribution in [0.1, 0.15) is 143 Å². The molecule has 6 atom stereocenters. The lowest BCUT2D eigenvalue weighted by molar-refractivity contribution is -0.161. The van der Waals surface area contributed by atoms with Gasteiger partial charge < -0.3 is 34.8 Å². The summed E-state index contributed by atoms with van der Waals surface area (Å²) in [5, 5.41) is 38.9. The van der Waals surface area contributed by atoms with Crippen molar-refractivity contribution in [3.63, 3.8) is 0 Å². The van der Waals surface area contributed by atoms with Gasteiger partial charge in [0.05, 0.1) is 32.0 Å². The summed E-state index contributed by atoms with van der Waals surface area (Å²) < 4.78 is 32.4. The Labute approximate surface area is 313 Å². The van der Waals surface area contributed by atoms with Gasteiger partial charge in [-0.2, -0.15) is 0 Å². The molecule has 0 aliphatic carbocycles. The third-order valence-electron chi connectivity index (χ3n) is 8.54. The fraction of sp³-hybridized carbons (Fsp3) is 0.795. The van der Waals surface area contributed by atoms with Crippen LogP contribution < -0.4 is 0 Å². The molecule has 0 aromatic carbocycles. The van der Waals surface area contributed by atoms with Gasteiger partial charge in [0.2, 0.25) is 0 Å². The lowest BCUT2D eigenvalue weighted by Crippen LogP contribution is -2.30. The molecule has 0 aliphatic heterocycles. The van der Waals surface area contributed by atoms with Gasteiger partial charge in [0, 0.05) is 12.8 Å². The average molecular weight is 763 g/mol. The number of hydrogen-bond donors (Lipinski definition) is 5. The number of hydrogen-bond acceptors (Lipinski definition) is 11. The molecule has 0 aromatic rings. The van der Waals surface area contributed by atoms with Gasteiger partial charge in [0.1, 0.15) is 12.7 Å². The number of allylic oxidation sites excluding steroid dienone is 5. The molecule has 0 radical (unpaired) electrons. The molecule has 0 amide bonds. The van der Waals surface area contributed by atoms with Gasteiger partial charge in [-0.05, 0) is 57.3 Å². The molecule has 304 valence electrons. The molecule has 0 aliphatic rings. The SMILES string of the molecule is CCCCC/C=C\C/C=C\C/C=C\CC(O)C(O)CCCC(=O)O[C@H](COC(=O)CCCCCCCCC(C)CC)COP(=O)(O)OC[C@@H](O)CO. The number of phosphoric ester groups is 1. The van der Waals surface area contributed by atoms with E-state index in [1.54, 1.807) is 0 Å². The minimum atomic E-state index is -4.69. The van der Waals surface area contributed by atoms with Gasteiger partial charge in [-0.3, -0.25) is 18.6 Å². The van der Waals surface area contributed by atoms with Crippen molar-refractivity contribution < 1.29 is 58.0 Å². The zero-order chi connectivity index (χ0) is 38.9. The van der Waals surface area contributed by atoms with Crippen LogP contribution in [0.3, 0.4) is 0 Å². The molecule has 4 unspecified atom stereocenters. The largest absolute Gasteiger partial charge is 0.472 e. The Balaban J connectivity index is 4.65. The molecule has 12 nitrogen and oxygen atoms in total. The molecule has 0 saturated carbocycles. The van der Waals surface area contributed by atoms with Crippen molar-refractivity contribution in [2.75, 3.05) is 26.4 Å². The summed E-state index contributed by atoms with van der Waals surface area (Å²) in [6, 6.07) is 0. The Morgan fingerprint density at radius 3 is 1.98 bits per heavy atom. The van der Waals surface area contributed by atoms with E-state index in [9.17, 15) is 34.4 Å². The Kier molecular flexibility index (Phi) is 32.4. The van der Waals surface area contributed by atoms with E-state index in [1.165, 1.54) is 44.9 Å². The first-order valence-electron chi connectivity index (χ1n) is 19.5. The number of carbonyl (C=O) groups excluding carboxylic acids is 2. The second kappa shape index (κ2) is 33.7. The van der Waals surface area contributed by atoms with Crippen LogP contribution in [0.4, 0.5) is 0 Å². The third kappa shape index (κ3) is 31.6. The Hall–Kier alpha value is -1.89. The highest BCUT2D eigenvalue weighted by atomic mass is 31.2. The van der Waals surface area contributed by atoms with Crippen molar-refractivity contribution in [1.82, 2.24) is 0 Å². The van der Waals surface area contributed by atoms with E-state index < -0.39 is 70.6 Å². The zero-order valence-electron chi connectivity index (χ0n) is 32.2. The molecule has 0 heterocycles. The number of aliphatic hydroxyl groups is 4. The topological polar surface area (TPSA) is 189 Å². The van der Waals surface area contributed by atoms with Crippen molar-refractivity contribution in [3.05, 3.63) is 36.5 Å². The first-order chi connectivity index (χ1) is 24.9. The van der Waals surface area contributed by atoms with Crippen molar-refractivity contribution in [2.24, 2.45) is 5.92 Å². The van der Waals surface area contributed by atoms with Crippen LogP contribution in [-0.2, 0) is 32.7 Å². The number of esters is 2. The number of carbonyl (C=O) groups is 2. The zero-order valence-corrected chi connectivity index (χ0v) is 33.0. The van der Waals surface area contributed by atoms with Crippen molar-refractivity contribution in [3.8, 4) is 0 Å². The Bertz CT molecular complexity index is 1020. The molecule has 0 fully saturated rings. The van der Waals surface area contributed by atoms with Gasteiger partial charge in [-0.15, -0.1) is 0 Å². The fourth-order valence-electron chi connectivity index (χ4n) is 4.95. The Morgan fingerprint density at radius 2 is 1.31 bits per heavy atom. The van der Waals surface area contributed by atoms with E-state index in [-0.39, 0.29) is 32.1 Å². The number of phosphoric acid groups is 1. The van der Waals surface area contributed by atoms with E-state index in [1.807, 2.05) is 18.2 Å². The van der Waals surface area contributed by atoms with E-state index in [0.29, 0.717) is 6.42 Å². The maximum atomic E-state index is 12.6. The van der Waals surface area contributed by atoms with Crippen LogP contribution in [0.25, 0.3) is 0 Å². The number of rotatable bonds is 35. The van der Waals surface area contributed by atoms with E-state index >= 15 is 0 Å². The van der Waals surface area contributed by atoms with Crippen LogP contribution in [0.2, 0.25) is 0 Å². The summed E-state index contributed by atoms with van der Waals surface area (Å²) in [5.74, 6) is -0.467. The highest BCUT2D eigenvalue weighted by Gasteiger charge is 2.27. The normalized spacial score (nSPS) is 16.2. The van der Waals surface area contributed by atoms with Gasteiger partial charge in [0.25, 0.3) is 0 Å². The van der Waals surface area contributed by atoms with Gasteiger partial charge in [-0.1, -0.05) is 115 Å². The maximum absolute atomic E-state index is 12.6. The smallest absolute Gasteiger partial charge is 0.462 e. The number of aliphatic hydroxyl groups excluding tert-OH is 4. The molecule has 5 N–H and O–H groups in total. The molecule has 13 heteroatoms. The Morgan fingerprint density at radius 1 is 0.692 bits per heavy atom. The quantitative estimate of drug-likeness (QED) is 0.0186. The minimum Gasteiger partial charge on any atom is -0.462 e.